The van der Waals surface area contributed by atoms with Crippen molar-refractivity contribution in [3.05, 3.63) is 46.2 Å². The van der Waals surface area contributed by atoms with Crippen LogP contribution in [0.1, 0.15) is 29.1 Å². The number of aryl methyl sites for hydroxylation is 1. The van der Waals surface area contributed by atoms with Gasteiger partial charge in [0.15, 0.2) is 0 Å². The van der Waals surface area contributed by atoms with Crippen molar-refractivity contribution in [2.45, 2.75) is 20.3 Å². The summed E-state index contributed by atoms with van der Waals surface area (Å²) in [7, 11) is 0. The number of hydrogen-bond acceptors (Lipinski definition) is 3. The maximum absolute atomic E-state index is 12.6. The van der Waals surface area contributed by atoms with E-state index in [0.717, 1.165) is 22.5 Å². The molecule has 0 saturated carbocycles. The summed E-state index contributed by atoms with van der Waals surface area (Å²) >= 11 is 1.51. The molecule has 1 heterocycles. The van der Waals surface area contributed by atoms with Gasteiger partial charge in [-0.2, -0.15) is 0 Å². The molecule has 2 N–H and O–H groups in total. The van der Waals surface area contributed by atoms with Gasteiger partial charge in [-0.15, -0.1) is 11.3 Å². The van der Waals surface area contributed by atoms with Gasteiger partial charge in [-0.25, -0.2) is 0 Å². The Balaban J connectivity index is 2.32. The Kier molecular flexibility index (Phi) is 4.22. The van der Waals surface area contributed by atoms with Crippen LogP contribution in [0.15, 0.2) is 35.7 Å². The molecule has 0 unspecified atom stereocenters. The molecule has 3 nitrogen and oxygen atoms in total. The number of thiophene rings is 1. The van der Waals surface area contributed by atoms with Crippen molar-refractivity contribution in [2.75, 3.05) is 17.2 Å². The minimum absolute atomic E-state index is 0.0686. The second-order valence-corrected chi connectivity index (χ2v) is 5.19. The lowest BCUT2D eigenvalue weighted by molar-refractivity contribution is 0.0991. The van der Waals surface area contributed by atoms with Gasteiger partial charge in [0, 0.05) is 17.9 Å². The number of carbonyl (C=O) groups excluding carboxylic acids is 1. The minimum atomic E-state index is 0.0686. The summed E-state index contributed by atoms with van der Waals surface area (Å²) in [6.07, 6.45) is 0.879. The van der Waals surface area contributed by atoms with E-state index < -0.39 is 0 Å². The van der Waals surface area contributed by atoms with E-state index in [1.165, 1.54) is 11.3 Å². The van der Waals surface area contributed by atoms with Gasteiger partial charge >= 0.3 is 0 Å². The molecule has 0 aliphatic rings. The fourth-order valence-corrected chi connectivity index (χ4v) is 2.97. The van der Waals surface area contributed by atoms with Gasteiger partial charge in [0.05, 0.1) is 4.88 Å². The highest BCUT2D eigenvalue weighted by atomic mass is 32.1. The zero-order valence-corrected chi connectivity index (χ0v) is 12.0. The lowest BCUT2D eigenvalue weighted by Gasteiger charge is -2.21. The van der Waals surface area contributed by atoms with Crippen LogP contribution in [0.2, 0.25) is 0 Å². The van der Waals surface area contributed by atoms with Crippen molar-refractivity contribution in [2.24, 2.45) is 0 Å². The number of hydrogen-bond donors (Lipinski definition) is 1. The number of nitrogens with two attached hydrogens (primary N) is 1. The smallest absolute Gasteiger partial charge is 0.268 e. The third-order valence-electron chi connectivity index (χ3n) is 3.09. The molecule has 1 amide bonds. The summed E-state index contributed by atoms with van der Waals surface area (Å²) in [5.41, 5.74) is 8.39. The zero-order chi connectivity index (χ0) is 13.8. The highest BCUT2D eigenvalue weighted by Gasteiger charge is 2.19. The van der Waals surface area contributed by atoms with Gasteiger partial charge in [-0.1, -0.05) is 6.92 Å². The van der Waals surface area contributed by atoms with Gasteiger partial charge in [-0.3, -0.25) is 4.79 Å². The Morgan fingerprint density at radius 3 is 2.47 bits per heavy atom. The van der Waals surface area contributed by atoms with E-state index in [2.05, 4.69) is 6.92 Å². The fraction of sp³-hybridized carbons (Fsp3) is 0.267. The molecule has 0 saturated heterocycles. The third-order valence-corrected chi connectivity index (χ3v) is 4.03. The zero-order valence-electron chi connectivity index (χ0n) is 11.2. The Morgan fingerprint density at radius 1 is 1.21 bits per heavy atom. The fourth-order valence-electron chi connectivity index (χ4n) is 2.02. The number of anilines is 2. The first-order valence-corrected chi connectivity index (χ1v) is 7.29. The van der Waals surface area contributed by atoms with Crippen LogP contribution in [-0.4, -0.2) is 12.5 Å². The predicted molar refractivity (Wildman–Crippen MR) is 81.9 cm³/mol. The number of carbonyl (C=O) groups is 1. The maximum Gasteiger partial charge on any atom is 0.268 e. The van der Waals surface area contributed by atoms with Crippen molar-refractivity contribution in [1.29, 1.82) is 0 Å². The number of amides is 1. The van der Waals surface area contributed by atoms with Crippen LogP contribution in [0.25, 0.3) is 0 Å². The third kappa shape index (κ3) is 2.79. The summed E-state index contributed by atoms with van der Waals surface area (Å²) in [4.78, 5) is 15.2. The van der Waals surface area contributed by atoms with Crippen LogP contribution in [0.4, 0.5) is 11.4 Å². The molecule has 4 heteroatoms. The molecule has 1 aromatic heterocycles. The lowest BCUT2D eigenvalue weighted by atomic mass is 10.2. The highest BCUT2D eigenvalue weighted by Crippen LogP contribution is 2.24. The molecule has 2 rings (SSSR count). The molecule has 100 valence electrons. The quantitative estimate of drug-likeness (QED) is 0.866. The molecule has 0 atom stereocenters. The second-order valence-electron chi connectivity index (χ2n) is 4.27. The molecule has 1 aromatic carbocycles. The van der Waals surface area contributed by atoms with E-state index in [0.29, 0.717) is 12.2 Å². The molecule has 19 heavy (non-hydrogen) atoms. The number of benzene rings is 1. The van der Waals surface area contributed by atoms with Crippen molar-refractivity contribution >= 4 is 28.6 Å². The molecule has 0 radical (unpaired) electrons. The van der Waals surface area contributed by atoms with Crippen LogP contribution in [0.5, 0.6) is 0 Å². The number of rotatable bonds is 4. The Labute approximate surface area is 117 Å². The SMILES string of the molecule is CCc1ccsc1C(=O)N(CC)c1ccc(N)cc1. The van der Waals surface area contributed by atoms with Crippen LogP contribution < -0.4 is 10.6 Å². The van der Waals surface area contributed by atoms with E-state index in [1.54, 1.807) is 4.90 Å². The van der Waals surface area contributed by atoms with Crippen LogP contribution in [0, 0.1) is 0 Å². The molecule has 0 spiro atoms. The molecule has 2 aromatic rings. The predicted octanol–water partition coefficient (Wildman–Crippen LogP) is 3.56. The molecule has 0 fully saturated rings. The second kappa shape index (κ2) is 5.89. The van der Waals surface area contributed by atoms with Gasteiger partial charge in [0.1, 0.15) is 0 Å². The van der Waals surface area contributed by atoms with Gasteiger partial charge in [0.2, 0.25) is 0 Å². The largest absolute Gasteiger partial charge is 0.399 e. The summed E-state index contributed by atoms with van der Waals surface area (Å²) in [6, 6.07) is 9.43. The van der Waals surface area contributed by atoms with Gasteiger partial charge < -0.3 is 10.6 Å². The van der Waals surface area contributed by atoms with E-state index in [4.69, 9.17) is 5.73 Å². The molecule has 0 aliphatic carbocycles. The van der Waals surface area contributed by atoms with Crippen LogP contribution in [0.3, 0.4) is 0 Å². The molecular weight excluding hydrogens is 256 g/mol. The standard InChI is InChI=1S/C15H18N2OS/c1-3-11-9-10-19-14(11)15(18)17(4-2)13-7-5-12(16)6-8-13/h5-10H,3-4,16H2,1-2H3. The molecule has 0 aliphatic heterocycles. The van der Waals surface area contributed by atoms with Crippen molar-refractivity contribution in [3.8, 4) is 0 Å². The first-order chi connectivity index (χ1) is 9.17. The number of nitrogen functional groups attached to an aromatic ring is 1. The number of nitrogens with zero attached hydrogens (tertiary/aromatic N) is 1. The highest BCUT2D eigenvalue weighted by molar-refractivity contribution is 7.12. The normalized spacial score (nSPS) is 10.4. The van der Waals surface area contributed by atoms with Crippen LogP contribution >= 0.6 is 11.3 Å². The summed E-state index contributed by atoms with van der Waals surface area (Å²) in [5, 5.41) is 1.98. The minimum Gasteiger partial charge on any atom is -0.399 e. The average molecular weight is 274 g/mol. The van der Waals surface area contributed by atoms with Gasteiger partial charge in [0.25, 0.3) is 5.91 Å². The van der Waals surface area contributed by atoms with E-state index in [-0.39, 0.29) is 5.91 Å². The van der Waals surface area contributed by atoms with Crippen molar-refractivity contribution < 1.29 is 4.79 Å². The van der Waals surface area contributed by atoms with Gasteiger partial charge in [-0.05, 0) is 54.6 Å². The van der Waals surface area contributed by atoms with Crippen molar-refractivity contribution in [3.63, 3.8) is 0 Å². The first-order valence-electron chi connectivity index (χ1n) is 6.41. The monoisotopic (exact) mass is 274 g/mol. The Hall–Kier alpha value is -1.81. The molecule has 0 bridgehead atoms. The van der Waals surface area contributed by atoms with Crippen molar-refractivity contribution in [1.82, 2.24) is 0 Å². The lowest BCUT2D eigenvalue weighted by Crippen LogP contribution is -2.30. The van der Waals surface area contributed by atoms with E-state index in [1.807, 2.05) is 42.6 Å². The summed E-state index contributed by atoms with van der Waals surface area (Å²) < 4.78 is 0. The first kappa shape index (κ1) is 13.6. The van der Waals surface area contributed by atoms with E-state index in [9.17, 15) is 4.79 Å². The topological polar surface area (TPSA) is 46.3 Å². The van der Waals surface area contributed by atoms with Crippen LogP contribution in [-0.2, 0) is 6.42 Å². The summed E-state index contributed by atoms with van der Waals surface area (Å²) in [6.45, 7) is 4.69. The maximum atomic E-state index is 12.6. The Morgan fingerprint density at radius 2 is 1.89 bits per heavy atom. The molecular formula is C15H18N2OS. The summed E-state index contributed by atoms with van der Waals surface area (Å²) in [5.74, 6) is 0.0686. The van der Waals surface area contributed by atoms with E-state index >= 15 is 0 Å². The Bertz CT molecular complexity index is 560. The average Bonchev–Trinajstić information content (AvgIpc) is 2.90.